The van der Waals surface area contributed by atoms with E-state index in [1.807, 2.05) is 25.3 Å². The molecule has 4 heteroatoms. The molecule has 0 aliphatic rings. The minimum atomic E-state index is -0.176. The molecule has 0 bridgehead atoms. The van der Waals surface area contributed by atoms with E-state index < -0.39 is 0 Å². The fraction of sp³-hybridized carbons (Fsp3) is 0.0833. The van der Waals surface area contributed by atoms with Crippen molar-refractivity contribution in [2.75, 3.05) is 0 Å². The molecule has 0 saturated heterocycles. The van der Waals surface area contributed by atoms with Gasteiger partial charge in [-0.3, -0.25) is 4.79 Å². The normalized spacial score (nSPS) is 11.4. The number of H-pyrrole nitrogens is 2. The third-order valence-electron chi connectivity index (χ3n) is 2.80. The van der Waals surface area contributed by atoms with Crippen LogP contribution in [0.25, 0.3) is 21.8 Å². The van der Waals surface area contributed by atoms with Crippen LogP contribution in [0.3, 0.4) is 0 Å². The number of nitrogens with one attached hydrogen (secondary N) is 2. The van der Waals surface area contributed by atoms with Crippen LogP contribution in [-0.4, -0.2) is 9.97 Å². The van der Waals surface area contributed by atoms with Gasteiger partial charge in [0.2, 0.25) is 5.56 Å². The van der Waals surface area contributed by atoms with Crippen LogP contribution in [0.5, 0.6) is 0 Å². The number of hydrogen-bond acceptors (Lipinski definition) is 1. The van der Waals surface area contributed by atoms with Gasteiger partial charge in [-0.25, -0.2) is 0 Å². The average molecular weight is 233 g/mol. The summed E-state index contributed by atoms with van der Waals surface area (Å²) in [6, 6.07) is 5.22. The van der Waals surface area contributed by atoms with E-state index in [9.17, 15) is 4.79 Å². The van der Waals surface area contributed by atoms with E-state index in [0.717, 1.165) is 27.4 Å². The molecule has 2 aromatic heterocycles. The van der Waals surface area contributed by atoms with Crippen LogP contribution < -0.4 is 5.56 Å². The van der Waals surface area contributed by atoms with Crippen molar-refractivity contribution in [3.05, 3.63) is 45.3 Å². The van der Waals surface area contributed by atoms with Gasteiger partial charge in [-0.15, -0.1) is 0 Å². The summed E-state index contributed by atoms with van der Waals surface area (Å²) in [5.74, 6) is 0. The molecule has 3 aromatic rings. The summed E-state index contributed by atoms with van der Waals surface area (Å²) in [5.41, 5.74) is 2.74. The molecule has 0 amide bonds. The van der Waals surface area contributed by atoms with Gasteiger partial charge < -0.3 is 9.97 Å². The van der Waals surface area contributed by atoms with Gasteiger partial charge in [0.25, 0.3) is 0 Å². The Kier molecular flexibility index (Phi) is 1.85. The van der Waals surface area contributed by atoms with Crippen molar-refractivity contribution in [2.45, 2.75) is 6.92 Å². The summed E-state index contributed by atoms with van der Waals surface area (Å²) < 4.78 is 0. The van der Waals surface area contributed by atoms with E-state index in [4.69, 9.17) is 11.6 Å². The van der Waals surface area contributed by atoms with E-state index in [1.54, 1.807) is 0 Å². The average Bonchev–Trinajstić information content (AvgIpc) is 2.60. The van der Waals surface area contributed by atoms with Gasteiger partial charge in [-0.1, -0.05) is 11.6 Å². The smallest absolute Gasteiger partial charge is 0.249 e. The quantitative estimate of drug-likeness (QED) is 0.615. The number of aromatic amines is 2. The molecule has 0 spiro atoms. The fourth-order valence-corrected chi connectivity index (χ4v) is 2.39. The first-order chi connectivity index (χ1) is 7.66. The lowest BCUT2D eigenvalue weighted by Crippen LogP contribution is -2.03. The number of fused-ring (bicyclic) bond motifs is 3. The summed E-state index contributed by atoms with van der Waals surface area (Å²) in [5, 5.41) is 2.46. The number of hydrogen-bond donors (Lipinski definition) is 2. The summed E-state index contributed by atoms with van der Waals surface area (Å²) in [7, 11) is 0. The van der Waals surface area contributed by atoms with E-state index in [1.165, 1.54) is 6.07 Å². The number of aryl methyl sites for hydroxylation is 1. The molecule has 16 heavy (non-hydrogen) atoms. The Morgan fingerprint density at radius 2 is 1.94 bits per heavy atom. The maximum Gasteiger partial charge on any atom is 0.249 e. The molecule has 2 heterocycles. The first kappa shape index (κ1) is 9.48. The van der Waals surface area contributed by atoms with Crippen LogP contribution in [0.1, 0.15) is 5.56 Å². The van der Waals surface area contributed by atoms with Crippen LogP contribution in [-0.2, 0) is 0 Å². The highest BCUT2D eigenvalue weighted by molar-refractivity contribution is 6.37. The van der Waals surface area contributed by atoms with E-state index >= 15 is 0 Å². The molecule has 80 valence electrons. The molecular formula is C12H9ClN2O. The highest BCUT2D eigenvalue weighted by atomic mass is 35.5. The van der Waals surface area contributed by atoms with Crippen molar-refractivity contribution >= 4 is 33.4 Å². The Hall–Kier alpha value is -1.74. The molecule has 0 saturated carbocycles. The van der Waals surface area contributed by atoms with Gasteiger partial charge in [0, 0.05) is 28.6 Å². The van der Waals surface area contributed by atoms with Crippen LogP contribution in [0.4, 0.5) is 0 Å². The van der Waals surface area contributed by atoms with Crippen LogP contribution >= 0.6 is 11.6 Å². The predicted molar refractivity (Wildman–Crippen MR) is 66.2 cm³/mol. The van der Waals surface area contributed by atoms with Crippen molar-refractivity contribution < 1.29 is 0 Å². The molecule has 0 aliphatic carbocycles. The molecule has 0 radical (unpaired) electrons. The molecule has 0 atom stereocenters. The van der Waals surface area contributed by atoms with Crippen LogP contribution in [0, 0.1) is 6.92 Å². The fourth-order valence-electron chi connectivity index (χ4n) is 2.10. The molecule has 0 fully saturated rings. The van der Waals surface area contributed by atoms with Crippen molar-refractivity contribution in [1.29, 1.82) is 0 Å². The molecular weight excluding hydrogens is 224 g/mol. The predicted octanol–water partition coefficient (Wildman–Crippen LogP) is 2.97. The number of aromatic nitrogens is 2. The lowest BCUT2D eigenvalue weighted by Gasteiger charge is -2.02. The lowest BCUT2D eigenvalue weighted by atomic mass is 10.1. The Labute approximate surface area is 96.1 Å². The molecule has 3 nitrogen and oxygen atoms in total. The van der Waals surface area contributed by atoms with Gasteiger partial charge in [-0.05, 0) is 24.6 Å². The highest BCUT2D eigenvalue weighted by Crippen LogP contribution is 2.30. The Morgan fingerprint density at radius 1 is 1.19 bits per heavy atom. The maximum atomic E-state index is 11.3. The Morgan fingerprint density at radius 3 is 2.75 bits per heavy atom. The summed E-state index contributed by atoms with van der Waals surface area (Å²) >= 11 is 6.14. The minimum absolute atomic E-state index is 0.176. The molecule has 0 unspecified atom stereocenters. The van der Waals surface area contributed by atoms with Gasteiger partial charge >= 0.3 is 0 Å². The second-order valence-electron chi connectivity index (χ2n) is 3.86. The highest BCUT2D eigenvalue weighted by Gasteiger charge is 2.09. The second-order valence-corrected chi connectivity index (χ2v) is 4.27. The molecule has 3 rings (SSSR count). The maximum absolute atomic E-state index is 11.3. The van der Waals surface area contributed by atoms with Crippen molar-refractivity contribution in [2.24, 2.45) is 0 Å². The number of pyridine rings is 1. The number of halogens is 1. The van der Waals surface area contributed by atoms with Crippen molar-refractivity contribution in [1.82, 2.24) is 9.97 Å². The van der Waals surface area contributed by atoms with Gasteiger partial charge in [0.05, 0.1) is 10.5 Å². The minimum Gasteiger partial charge on any atom is -0.361 e. The van der Waals surface area contributed by atoms with Crippen LogP contribution in [0.2, 0.25) is 5.02 Å². The first-order valence-electron chi connectivity index (χ1n) is 4.96. The van der Waals surface area contributed by atoms with Gasteiger partial charge in [0.1, 0.15) is 0 Å². The van der Waals surface area contributed by atoms with Gasteiger partial charge in [-0.2, -0.15) is 0 Å². The number of benzene rings is 1. The third-order valence-corrected chi connectivity index (χ3v) is 3.10. The molecule has 1 aromatic carbocycles. The zero-order valence-corrected chi connectivity index (χ0v) is 9.35. The number of rotatable bonds is 0. The molecule has 0 aliphatic heterocycles. The third kappa shape index (κ3) is 1.18. The van der Waals surface area contributed by atoms with Crippen molar-refractivity contribution in [3.8, 4) is 0 Å². The van der Waals surface area contributed by atoms with E-state index in [2.05, 4.69) is 9.97 Å². The zero-order valence-electron chi connectivity index (χ0n) is 8.60. The van der Waals surface area contributed by atoms with E-state index in [0.29, 0.717) is 5.02 Å². The van der Waals surface area contributed by atoms with Crippen LogP contribution in [0.15, 0.2) is 29.2 Å². The summed E-state index contributed by atoms with van der Waals surface area (Å²) in [6.07, 6.45) is 1.94. The molecule has 2 N–H and O–H groups in total. The standard InChI is InChI=1S/C12H9ClN2O/c1-6-5-14-8-2-3-9-12(11(6)8)7(13)4-10(16)15-9/h2-5,14H,1H3,(H,15,16). The SMILES string of the molecule is Cc1c[nH]c2ccc3[nH]c(=O)cc(Cl)c3c12. The van der Waals surface area contributed by atoms with Gasteiger partial charge in [0.15, 0.2) is 0 Å². The van der Waals surface area contributed by atoms with Crippen molar-refractivity contribution in [3.63, 3.8) is 0 Å². The first-order valence-corrected chi connectivity index (χ1v) is 5.34. The monoisotopic (exact) mass is 232 g/mol. The zero-order chi connectivity index (χ0) is 11.3. The summed E-state index contributed by atoms with van der Waals surface area (Å²) in [6.45, 7) is 2.01. The Balaban J connectivity index is 2.69. The largest absolute Gasteiger partial charge is 0.361 e. The second kappa shape index (κ2) is 3.12. The topological polar surface area (TPSA) is 48.6 Å². The lowest BCUT2D eigenvalue weighted by molar-refractivity contribution is 1.31. The summed E-state index contributed by atoms with van der Waals surface area (Å²) in [4.78, 5) is 17.3. The Bertz CT molecular complexity index is 755. The van der Waals surface area contributed by atoms with E-state index in [-0.39, 0.29) is 5.56 Å².